The van der Waals surface area contributed by atoms with Crippen molar-refractivity contribution >= 4 is 17.5 Å². The topological polar surface area (TPSA) is 52.7 Å². The van der Waals surface area contributed by atoms with Gasteiger partial charge >= 0.3 is 0 Å². The second kappa shape index (κ2) is 8.18. The van der Waals surface area contributed by atoms with Crippen LogP contribution in [0.2, 0.25) is 0 Å². The average molecular weight is 329 g/mol. The molecule has 1 aromatic rings. The molecular formula is C19H27N3O2. The molecule has 3 rings (SSSR count). The molecule has 0 bridgehead atoms. The third-order valence-corrected chi connectivity index (χ3v) is 5.08. The quantitative estimate of drug-likeness (QED) is 0.922. The molecule has 0 atom stereocenters. The zero-order valence-corrected chi connectivity index (χ0v) is 14.2. The largest absolute Gasteiger partial charge is 0.376 e. The van der Waals surface area contributed by atoms with Gasteiger partial charge in [0.15, 0.2) is 0 Å². The molecule has 130 valence electrons. The standard InChI is InChI=1S/C19H27N3O2/c23-18(15-20-17-7-3-1-4-8-17)21-13-9-16(10-14-21)19(24)22-11-5-2-6-12-22/h1,3-4,7-8,16,20H,2,5-6,9-15H2. The highest BCUT2D eigenvalue weighted by atomic mass is 16.2. The van der Waals surface area contributed by atoms with Crippen LogP contribution in [0.5, 0.6) is 0 Å². The molecule has 5 heteroatoms. The molecule has 5 nitrogen and oxygen atoms in total. The Balaban J connectivity index is 1.42. The highest BCUT2D eigenvalue weighted by Gasteiger charge is 2.30. The Kier molecular flexibility index (Phi) is 5.72. The fourth-order valence-electron chi connectivity index (χ4n) is 3.59. The maximum atomic E-state index is 12.6. The molecule has 2 amide bonds. The summed E-state index contributed by atoms with van der Waals surface area (Å²) in [5.74, 6) is 0.529. The zero-order chi connectivity index (χ0) is 16.8. The molecule has 24 heavy (non-hydrogen) atoms. The number of carbonyl (C=O) groups is 2. The van der Waals surface area contributed by atoms with Gasteiger partial charge in [-0.15, -0.1) is 0 Å². The minimum Gasteiger partial charge on any atom is -0.376 e. The SMILES string of the molecule is O=C(CNc1ccccc1)N1CCC(C(=O)N2CCCCC2)CC1. The lowest BCUT2D eigenvalue weighted by Gasteiger charge is -2.35. The van der Waals surface area contributed by atoms with Crippen LogP contribution in [0, 0.1) is 5.92 Å². The second-order valence-corrected chi connectivity index (χ2v) is 6.76. The Hall–Kier alpha value is -2.04. The van der Waals surface area contributed by atoms with Crippen molar-refractivity contribution < 1.29 is 9.59 Å². The number of amides is 2. The van der Waals surface area contributed by atoms with E-state index in [2.05, 4.69) is 5.32 Å². The first kappa shape index (κ1) is 16.8. The van der Waals surface area contributed by atoms with Gasteiger partial charge in [-0.3, -0.25) is 9.59 Å². The van der Waals surface area contributed by atoms with E-state index in [1.54, 1.807) is 0 Å². The van der Waals surface area contributed by atoms with Crippen molar-refractivity contribution in [3.8, 4) is 0 Å². The number of likely N-dealkylation sites (tertiary alicyclic amines) is 2. The summed E-state index contributed by atoms with van der Waals surface area (Å²) in [5.41, 5.74) is 0.959. The van der Waals surface area contributed by atoms with Crippen LogP contribution < -0.4 is 5.32 Å². The maximum Gasteiger partial charge on any atom is 0.241 e. The Morgan fingerprint density at radius 3 is 2.25 bits per heavy atom. The van der Waals surface area contributed by atoms with Gasteiger partial charge in [-0.05, 0) is 44.2 Å². The van der Waals surface area contributed by atoms with Crippen molar-refractivity contribution in [2.75, 3.05) is 38.0 Å². The fraction of sp³-hybridized carbons (Fsp3) is 0.579. The number of piperidine rings is 2. The Morgan fingerprint density at radius 1 is 0.917 bits per heavy atom. The lowest BCUT2D eigenvalue weighted by atomic mass is 9.94. The van der Waals surface area contributed by atoms with E-state index in [0.717, 1.165) is 44.5 Å². The van der Waals surface area contributed by atoms with E-state index in [-0.39, 0.29) is 11.8 Å². The molecule has 0 radical (unpaired) electrons. The van der Waals surface area contributed by atoms with Crippen molar-refractivity contribution in [2.24, 2.45) is 5.92 Å². The molecule has 2 heterocycles. The van der Waals surface area contributed by atoms with Crippen molar-refractivity contribution in [2.45, 2.75) is 32.1 Å². The van der Waals surface area contributed by atoms with Crippen LogP contribution in [0.15, 0.2) is 30.3 Å². The van der Waals surface area contributed by atoms with E-state index in [1.807, 2.05) is 40.1 Å². The van der Waals surface area contributed by atoms with Gasteiger partial charge in [0.2, 0.25) is 11.8 Å². The first-order valence-corrected chi connectivity index (χ1v) is 9.09. The smallest absolute Gasteiger partial charge is 0.241 e. The molecule has 0 spiro atoms. The maximum absolute atomic E-state index is 12.6. The third-order valence-electron chi connectivity index (χ3n) is 5.08. The van der Waals surface area contributed by atoms with Crippen molar-refractivity contribution in [1.29, 1.82) is 0 Å². The third kappa shape index (κ3) is 4.28. The molecule has 0 aromatic heterocycles. The monoisotopic (exact) mass is 329 g/mol. The minimum atomic E-state index is 0.106. The molecule has 2 aliphatic heterocycles. The van der Waals surface area contributed by atoms with Gasteiger partial charge in [0, 0.05) is 37.8 Å². The summed E-state index contributed by atoms with van der Waals surface area (Å²) in [6.07, 6.45) is 5.10. The molecule has 2 saturated heterocycles. The molecule has 2 aliphatic rings. The lowest BCUT2D eigenvalue weighted by molar-refractivity contribution is -0.140. The van der Waals surface area contributed by atoms with Crippen molar-refractivity contribution in [3.63, 3.8) is 0 Å². The predicted molar refractivity (Wildman–Crippen MR) is 94.7 cm³/mol. The van der Waals surface area contributed by atoms with Gasteiger partial charge in [0.05, 0.1) is 6.54 Å². The molecular weight excluding hydrogens is 302 g/mol. The first-order chi connectivity index (χ1) is 11.7. The van der Waals surface area contributed by atoms with Crippen LogP contribution in [-0.4, -0.2) is 54.3 Å². The molecule has 0 aliphatic carbocycles. The lowest BCUT2D eigenvalue weighted by Crippen LogP contribution is -2.46. The average Bonchev–Trinajstić information content (AvgIpc) is 2.67. The Morgan fingerprint density at radius 2 is 1.58 bits per heavy atom. The van der Waals surface area contributed by atoms with Crippen molar-refractivity contribution in [1.82, 2.24) is 9.80 Å². The van der Waals surface area contributed by atoms with Crippen LogP contribution >= 0.6 is 0 Å². The van der Waals surface area contributed by atoms with E-state index in [4.69, 9.17) is 0 Å². The van der Waals surface area contributed by atoms with Gasteiger partial charge in [0.1, 0.15) is 0 Å². The number of benzene rings is 1. The Bertz CT molecular complexity index is 547. The van der Waals surface area contributed by atoms with Gasteiger partial charge in [-0.25, -0.2) is 0 Å². The van der Waals surface area contributed by atoms with Crippen LogP contribution in [0.3, 0.4) is 0 Å². The van der Waals surface area contributed by atoms with Gasteiger partial charge < -0.3 is 15.1 Å². The highest BCUT2D eigenvalue weighted by Crippen LogP contribution is 2.22. The van der Waals surface area contributed by atoms with Crippen LogP contribution in [0.1, 0.15) is 32.1 Å². The minimum absolute atomic E-state index is 0.106. The van der Waals surface area contributed by atoms with E-state index in [0.29, 0.717) is 25.5 Å². The molecule has 1 N–H and O–H groups in total. The normalized spacial score (nSPS) is 19.2. The van der Waals surface area contributed by atoms with Crippen LogP contribution in [0.25, 0.3) is 0 Å². The van der Waals surface area contributed by atoms with Crippen LogP contribution in [-0.2, 0) is 9.59 Å². The van der Waals surface area contributed by atoms with Gasteiger partial charge in [-0.2, -0.15) is 0 Å². The predicted octanol–water partition coefficient (Wildman–Crippen LogP) is 2.35. The Labute approximate surface area is 144 Å². The van der Waals surface area contributed by atoms with E-state index in [1.165, 1.54) is 6.42 Å². The summed E-state index contributed by atoms with van der Waals surface area (Å²) in [6.45, 7) is 3.53. The second-order valence-electron chi connectivity index (χ2n) is 6.76. The number of rotatable bonds is 4. The molecule has 2 fully saturated rings. The number of anilines is 1. The summed E-state index contributed by atoms with van der Waals surface area (Å²) < 4.78 is 0. The van der Waals surface area contributed by atoms with Crippen LogP contribution in [0.4, 0.5) is 5.69 Å². The van der Waals surface area contributed by atoms with E-state index in [9.17, 15) is 9.59 Å². The number of nitrogens with zero attached hydrogens (tertiary/aromatic N) is 2. The molecule has 0 unspecified atom stereocenters. The highest BCUT2D eigenvalue weighted by molar-refractivity contribution is 5.82. The van der Waals surface area contributed by atoms with E-state index >= 15 is 0 Å². The first-order valence-electron chi connectivity index (χ1n) is 9.09. The zero-order valence-electron chi connectivity index (χ0n) is 14.2. The van der Waals surface area contributed by atoms with E-state index < -0.39 is 0 Å². The van der Waals surface area contributed by atoms with Crippen molar-refractivity contribution in [3.05, 3.63) is 30.3 Å². The number of hydrogen-bond acceptors (Lipinski definition) is 3. The number of para-hydroxylation sites is 1. The van der Waals surface area contributed by atoms with Gasteiger partial charge in [0.25, 0.3) is 0 Å². The molecule has 1 aromatic carbocycles. The fourth-order valence-corrected chi connectivity index (χ4v) is 3.59. The summed E-state index contributed by atoms with van der Waals surface area (Å²) in [7, 11) is 0. The summed E-state index contributed by atoms with van der Waals surface area (Å²) in [6, 6.07) is 9.76. The number of carbonyl (C=O) groups excluding carboxylic acids is 2. The summed E-state index contributed by atoms with van der Waals surface area (Å²) in [5, 5.41) is 3.16. The van der Waals surface area contributed by atoms with Gasteiger partial charge in [-0.1, -0.05) is 18.2 Å². The number of nitrogens with one attached hydrogen (secondary N) is 1. The molecule has 0 saturated carbocycles. The summed E-state index contributed by atoms with van der Waals surface area (Å²) >= 11 is 0. The number of hydrogen-bond donors (Lipinski definition) is 1. The summed E-state index contributed by atoms with van der Waals surface area (Å²) in [4.78, 5) is 28.8.